The SMILES string of the molecule is Cc1cn([C@H]2C[C@H](O)[C@@H](CO)O2)c(=O)[nH]c1=O.O=S(=O)([O-])[O-].O=c1[nH]cnc2nc[nH]c12.[Cu+2]. The zero-order valence-electron chi connectivity index (χ0n) is 16.6. The molecule has 0 unspecified atom stereocenters. The summed E-state index contributed by atoms with van der Waals surface area (Å²) in [6.07, 6.45) is 2.18. The van der Waals surface area contributed by atoms with Crippen LogP contribution in [0.2, 0.25) is 0 Å². The fraction of sp³-hybridized carbons (Fsp3) is 0.400. The van der Waals surface area contributed by atoms with Crippen LogP contribution in [-0.4, -0.2) is 76.0 Å². The Morgan fingerprint density at radius 1 is 1.18 bits per heavy atom. The molecule has 0 bridgehead atoms. The predicted octanol–water partition coefficient (Wildman–Crippen LogP) is -3.21. The van der Waals surface area contributed by atoms with Gasteiger partial charge in [-0.25, -0.2) is 14.8 Å². The number of hydrogen-bond acceptors (Lipinski definition) is 12. The molecule has 1 aliphatic rings. The molecule has 1 aliphatic heterocycles. The van der Waals surface area contributed by atoms with Gasteiger partial charge in [-0.1, -0.05) is 0 Å². The van der Waals surface area contributed by atoms with Gasteiger partial charge in [0.05, 0.1) is 25.4 Å². The van der Waals surface area contributed by atoms with Gasteiger partial charge in [-0.2, -0.15) is 0 Å². The maximum absolute atomic E-state index is 11.6. The van der Waals surface area contributed by atoms with Crippen molar-refractivity contribution >= 4 is 21.6 Å². The quantitative estimate of drug-likeness (QED) is 0.123. The molecule has 0 amide bonds. The topological polar surface area (TPSA) is 259 Å². The molecule has 0 aliphatic carbocycles. The molecular weight excluding hydrogens is 520 g/mol. The molecule has 4 heterocycles. The molecule has 1 fully saturated rings. The summed E-state index contributed by atoms with van der Waals surface area (Å²) in [5.74, 6) is 0. The summed E-state index contributed by atoms with van der Waals surface area (Å²) in [5, 5.41) is 18.5. The largest absolute Gasteiger partial charge is 2.00 e. The number of fused-ring (bicyclic) bond motifs is 1. The van der Waals surface area contributed by atoms with E-state index in [1.807, 2.05) is 0 Å². The molecule has 3 aromatic rings. The Morgan fingerprint density at radius 3 is 2.27 bits per heavy atom. The summed E-state index contributed by atoms with van der Waals surface area (Å²) in [5.41, 5.74) is 0.0313. The molecule has 0 spiro atoms. The molecule has 1 radical (unpaired) electrons. The van der Waals surface area contributed by atoms with E-state index in [1.54, 1.807) is 6.92 Å². The van der Waals surface area contributed by atoms with E-state index in [2.05, 4.69) is 24.9 Å². The van der Waals surface area contributed by atoms with E-state index in [4.69, 9.17) is 27.4 Å². The summed E-state index contributed by atoms with van der Waals surface area (Å²) >= 11 is 0. The number of aromatic nitrogens is 6. The van der Waals surface area contributed by atoms with Crippen molar-refractivity contribution in [2.45, 2.75) is 31.8 Å². The molecule has 4 rings (SSSR count). The van der Waals surface area contributed by atoms with E-state index >= 15 is 0 Å². The molecule has 0 saturated carbocycles. The Labute approximate surface area is 194 Å². The van der Waals surface area contributed by atoms with Gasteiger partial charge < -0.3 is 34.0 Å². The average molecular weight is 538 g/mol. The second-order valence-corrected chi connectivity index (χ2v) is 7.15. The van der Waals surface area contributed by atoms with Crippen LogP contribution < -0.4 is 16.8 Å². The van der Waals surface area contributed by atoms with Crippen molar-refractivity contribution < 1.29 is 49.5 Å². The summed E-state index contributed by atoms with van der Waals surface area (Å²) in [6.45, 7) is 1.26. The Balaban J connectivity index is 0.000000288. The summed E-state index contributed by atoms with van der Waals surface area (Å²) in [6, 6.07) is 0. The Hall–Kier alpha value is -2.70. The number of rotatable bonds is 2. The number of nitrogens with zero attached hydrogens (tertiary/aromatic N) is 3. The van der Waals surface area contributed by atoms with Crippen LogP contribution in [0.5, 0.6) is 0 Å². The van der Waals surface area contributed by atoms with Crippen LogP contribution in [0.25, 0.3) is 11.2 Å². The van der Waals surface area contributed by atoms with Crippen LogP contribution in [-0.2, 0) is 32.2 Å². The van der Waals surface area contributed by atoms with Gasteiger partial charge in [0.25, 0.3) is 11.1 Å². The molecule has 0 aromatic carbocycles. The Bertz CT molecular complexity index is 1320. The van der Waals surface area contributed by atoms with Crippen LogP contribution >= 0.6 is 0 Å². The minimum atomic E-state index is -5.17. The number of ether oxygens (including phenoxy) is 1. The van der Waals surface area contributed by atoms with Crippen molar-refractivity contribution in [3.8, 4) is 0 Å². The van der Waals surface area contributed by atoms with Crippen LogP contribution in [0.1, 0.15) is 18.2 Å². The number of nitrogens with one attached hydrogen (secondary N) is 3. The minimum Gasteiger partial charge on any atom is -0.759 e. The standard InChI is InChI=1S/C10H14N2O5.C5H4N4O.Cu.H2O4S/c1-5-3-12(10(16)11-9(5)15)8-2-6(14)7(4-13)17-8;10-5-3-4(7-1-6-3)8-2-9-5;;1-5(2,3)4/h3,6-8,13-14H,2,4H2,1H3,(H,11,15,16);1-2H,(H2,6,7,8,9,10);;(H2,1,2,3,4)/q;;+2;/p-2/t6-,7+,8+;;;/m0.../s1. The van der Waals surface area contributed by atoms with Gasteiger partial charge in [0.15, 0.2) is 11.2 Å². The van der Waals surface area contributed by atoms with Gasteiger partial charge in [0.1, 0.15) is 12.3 Å². The minimum absolute atomic E-state index is 0. The van der Waals surface area contributed by atoms with Crippen molar-refractivity contribution in [1.82, 2.24) is 29.5 Å². The second-order valence-electron chi connectivity index (χ2n) is 6.33. The number of H-pyrrole nitrogens is 3. The van der Waals surface area contributed by atoms with Crippen LogP contribution in [0, 0.1) is 6.92 Å². The summed E-state index contributed by atoms with van der Waals surface area (Å²) in [7, 11) is -5.17. The molecule has 18 heteroatoms. The van der Waals surface area contributed by atoms with E-state index < -0.39 is 40.1 Å². The third-order valence-electron chi connectivity index (χ3n) is 4.07. The van der Waals surface area contributed by atoms with Gasteiger partial charge >= 0.3 is 22.8 Å². The normalized spacial score (nSPS) is 19.6. The molecular formula is C15H18CuN6O10S. The van der Waals surface area contributed by atoms with Crippen molar-refractivity contribution in [3.63, 3.8) is 0 Å². The van der Waals surface area contributed by atoms with E-state index in [0.717, 1.165) is 0 Å². The first kappa shape index (κ1) is 28.3. The average Bonchev–Trinajstić information content (AvgIpc) is 3.31. The maximum atomic E-state index is 11.6. The van der Waals surface area contributed by atoms with E-state index in [9.17, 15) is 19.5 Å². The maximum Gasteiger partial charge on any atom is 2.00 e. The van der Waals surface area contributed by atoms with E-state index in [1.165, 1.54) is 23.4 Å². The molecule has 5 N–H and O–H groups in total. The van der Waals surface area contributed by atoms with E-state index in [0.29, 0.717) is 16.7 Å². The van der Waals surface area contributed by atoms with Crippen LogP contribution in [0.15, 0.2) is 33.2 Å². The smallest absolute Gasteiger partial charge is 0.759 e. The molecule has 16 nitrogen and oxygen atoms in total. The molecule has 33 heavy (non-hydrogen) atoms. The molecule has 3 atom stereocenters. The summed E-state index contributed by atoms with van der Waals surface area (Å²) in [4.78, 5) is 48.5. The van der Waals surface area contributed by atoms with Crippen molar-refractivity contribution in [2.75, 3.05) is 6.61 Å². The first-order valence-electron chi connectivity index (χ1n) is 8.70. The van der Waals surface area contributed by atoms with Crippen molar-refractivity contribution in [3.05, 3.63) is 55.6 Å². The van der Waals surface area contributed by atoms with Gasteiger partial charge in [-0.3, -0.25) is 27.6 Å². The number of imidazole rings is 1. The Morgan fingerprint density at radius 2 is 1.76 bits per heavy atom. The number of aryl methyl sites for hydroxylation is 1. The number of aliphatic hydroxyl groups is 2. The predicted molar refractivity (Wildman–Crippen MR) is 103 cm³/mol. The van der Waals surface area contributed by atoms with Crippen LogP contribution in [0.4, 0.5) is 0 Å². The van der Waals surface area contributed by atoms with Crippen molar-refractivity contribution in [1.29, 1.82) is 0 Å². The first-order chi connectivity index (χ1) is 14.9. The van der Waals surface area contributed by atoms with E-state index in [-0.39, 0.29) is 35.7 Å². The van der Waals surface area contributed by atoms with Gasteiger partial charge in [0, 0.05) is 28.6 Å². The number of aromatic amines is 3. The first-order valence-corrected chi connectivity index (χ1v) is 10.0. The molecule has 1 saturated heterocycles. The summed E-state index contributed by atoms with van der Waals surface area (Å²) < 4.78 is 40.6. The Kier molecular flexibility index (Phi) is 10.3. The van der Waals surface area contributed by atoms with Gasteiger partial charge in [-0.05, 0) is 6.92 Å². The molecule has 185 valence electrons. The van der Waals surface area contributed by atoms with Gasteiger partial charge in [0.2, 0.25) is 0 Å². The zero-order valence-corrected chi connectivity index (χ0v) is 18.3. The second kappa shape index (κ2) is 12.0. The number of hydrogen-bond donors (Lipinski definition) is 5. The monoisotopic (exact) mass is 537 g/mol. The third-order valence-corrected chi connectivity index (χ3v) is 4.07. The third kappa shape index (κ3) is 8.30. The zero-order chi connectivity index (χ0) is 24.1. The number of aliphatic hydroxyl groups excluding tert-OH is 2. The van der Waals surface area contributed by atoms with Crippen LogP contribution in [0.3, 0.4) is 0 Å². The van der Waals surface area contributed by atoms with Gasteiger partial charge in [-0.15, -0.1) is 0 Å². The fourth-order valence-electron chi connectivity index (χ4n) is 2.63. The fourth-order valence-corrected chi connectivity index (χ4v) is 2.63. The van der Waals surface area contributed by atoms with Crippen molar-refractivity contribution in [2.24, 2.45) is 0 Å². The molecule has 3 aromatic heterocycles.